The number of amides is 1. The third-order valence-corrected chi connectivity index (χ3v) is 2.74. The lowest BCUT2D eigenvalue weighted by molar-refractivity contribution is 0.0852. The Hall–Kier alpha value is -1.36. The van der Waals surface area contributed by atoms with E-state index in [9.17, 15) is 4.79 Å². The minimum absolute atomic E-state index is 0.117. The first-order chi connectivity index (χ1) is 7.66. The zero-order valence-corrected chi connectivity index (χ0v) is 9.69. The van der Waals surface area contributed by atoms with Crippen LogP contribution in [0.15, 0.2) is 6.20 Å². The summed E-state index contributed by atoms with van der Waals surface area (Å²) in [7, 11) is 1.81. The normalized spacial score (nSPS) is 20.0. The molecule has 1 amide bonds. The van der Waals surface area contributed by atoms with Crippen LogP contribution in [0.5, 0.6) is 0 Å². The van der Waals surface area contributed by atoms with Crippen LogP contribution in [0.4, 0.5) is 0 Å². The Bertz CT molecular complexity index is 381. The van der Waals surface area contributed by atoms with Crippen molar-refractivity contribution in [3.8, 4) is 0 Å². The van der Waals surface area contributed by atoms with Crippen molar-refractivity contribution in [1.29, 1.82) is 0 Å². The van der Waals surface area contributed by atoms with E-state index in [2.05, 4.69) is 10.4 Å². The van der Waals surface area contributed by atoms with Crippen LogP contribution < -0.4 is 5.32 Å². The van der Waals surface area contributed by atoms with E-state index in [1.54, 1.807) is 4.68 Å². The molecule has 2 rings (SSSR count). The van der Waals surface area contributed by atoms with E-state index in [-0.39, 0.29) is 12.0 Å². The second-order valence-corrected chi connectivity index (χ2v) is 4.18. The maximum atomic E-state index is 11.8. The lowest BCUT2D eigenvalue weighted by atomic mass is 10.2. The lowest BCUT2D eigenvalue weighted by Gasteiger charge is -2.09. The largest absolute Gasteiger partial charge is 0.376 e. The van der Waals surface area contributed by atoms with Gasteiger partial charge in [-0.15, -0.1) is 0 Å². The molecule has 5 heteroatoms. The number of aryl methyl sites for hydroxylation is 2. The number of rotatable bonds is 3. The fourth-order valence-corrected chi connectivity index (χ4v) is 1.93. The van der Waals surface area contributed by atoms with Crippen LogP contribution in [-0.2, 0) is 11.8 Å². The number of nitrogens with zero attached hydrogens (tertiary/aromatic N) is 2. The van der Waals surface area contributed by atoms with Crippen molar-refractivity contribution in [2.75, 3.05) is 13.2 Å². The Morgan fingerprint density at radius 2 is 2.56 bits per heavy atom. The van der Waals surface area contributed by atoms with Gasteiger partial charge in [0.05, 0.1) is 6.10 Å². The molecule has 0 bridgehead atoms. The smallest absolute Gasteiger partial charge is 0.272 e. The van der Waals surface area contributed by atoms with Crippen LogP contribution in [-0.4, -0.2) is 34.9 Å². The number of hydrogen-bond acceptors (Lipinski definition) is 3. The molecule has 0 saturated carbocycles. The van der Waals surface area contributed by atoms with Crippen molar-refractivity contribution in [3.05, 3.63) is 17.5 Å². The first-order valence-corrected chi connectivity index (χ1v) is 5.57. The summed E-state index contributed by atoms with van der Waals surface area (Å²) < 4.78 is 7.08. The van der Waals surface area contributed by atoms with Crippen LogP contribution >= 0.6 is 0 Å². The molecule has 1 N–H and O–H groups in total. The maximum absolute atomic E-state index is 11.8. The predicted octanol–water partition coefficient (Wildman–Crippen LogP) is 0.637. The van der Waals surface area contributed by atoms with Gasteiger partial charge in [0.25, 0.3) is 5.91 Å². The fraction of sp³-hybridized carbons (Fsp3) is 0.636. The summed E-state index contributed by atoms with van der Waals surface area (Å²) in [5.74, 6) is -0.117. The van der Waals surface area contributed by atoms with Gasteiger partial charge in [-0.1, -0.05) is 0 Å². The highest BCUT2D eigenvalue weighted by atomic mass is 16.5. The van der Waals surface area contributed by atoms with Crippen LogP contribution in [0.2, 0.25) is 0 Å². The molecule has 1 aromatic heterocycles. The third-order valence-electron chi connectivity index (χ3n) is 2.74. The number of carbonyl (C=O) groups excluding carboxylic acids is 1. The second-order valence-electron chi connectivity index (χ2n) is 4.18. The molecule has 1 saturated heterocycles. The van der Waals surface area contributed by atoms with Crippen molar-refractivity contribution in [1.82, 2.24) is 15.1 Å². The maximum Gasteiger partial charge on any atom is 0.272 e. The van der Waals surface area contributed by atoms with Gasteiger partial charge >= 0.3 is 0 Å². The van der Waals surface area contributed by atoms with Gasteiger partial charge in [0.15, 0.2) is 5.69 Å². The van der Waals surface area contributed by atoms with Crippen LogP contribution in [0.1, 0.15) is 28.9 Å². The van der Waals surface area contributed by atoms with Crippen molar-refractivity contribution >= 4 is 5.91 Å². The van der Waals surface area contributed by atoms with E-state index < -0.39 is 0 Å². The van der Waals surface area contributed by atoms with Gasteiger partial charge in [0.2, 0.25) is 0 Å². The summed E-state index contributed by atoms with van der Waals surface area (Å²) >= 11 is 0. The Morgan fingerprint density at radius 1 is 1.75 bits per heavy atom. The predicted molar refractivity (Wildman–Crippen MR) is 59.3 cm³/mol. The quantitative estimate of drug-likeness (QED) is 0.818. The Balaban J connectivity index is 1.90. The highest BCUT2D eigenvalue weighted by Crippen LogP contribution is 2.11. The number of hydrogen-bond donors (Lipinski definition) is 1. The minimum atomic E-state index is -0.117. The standard InChI is InChI=1S/C11H17N3O2/c1-8-7-14(2)13-10(8)11(15)12-6-9-4-3-5-16-9/h7,9H,3-6H2,1-2H3,(H,12,15). The number of ether oxygens (including phenoxy) is 1. The Kier molecular flexibility index (Phi) is 3.24. The molecule has 16 heavy (non-hydrogen) atoms. The molecular formula is C11H17N3O2. The van der Waals surface area contributed by atoms with Gasteiger partial charge < -0.3 is 10.1 Å². The van der Waals surface area contributed by atoms with Crippen LogP contribution in [0.3, 0.4) is 0 Å². The van der Waals surface area contributed by atoms with E-state index in [1.165, 1.54) is 0 Å². The molecule has 1 aliphatic rings. The molecule has 0 radical (unpaired) electrons. The van der Waals surface area contributed by atoms with Crippen molar-refractivity contribution in [2.45, 2.75) is 25.9 Å². The number of carbonyl (C=O) groups is 1. The number of aromatic nitrogens is 2. The second kappa shape index (κ2) is 4.65. The molecule has 1 aromatic rings. The van der Waals surface area contributed by atoms with Crippen LogP contribution in [0, 0.1) is 6.92 Å². The highest BCUT2D eigenvalue weighted by molar-refractivity contribution is 5.93. The third kappa shape index (κ3) is 2.41. The average molecular weight is 223 g/mol. The van der Waals surface area contributed by atoms with Gasteiger partial charge in [0.1, 0.15) is 0 Å². The van der Waals surface area contributed by atoms with Gasteiger partial charge in [-0.25, -0.2) is 0 Å². The topological polar surface area (TPSA) is 56.2 Å². The van der Waals surface area contributed by atoms with Gasteiger partial charge in [0, 0.05) is 32.0 Å². The van der Waals surface area contributed by atoms with E-state index in [1.807, 2.05) is 20.2 Å². The van der Waals surface area contributed by atoms with E-state index in [0.717, 1.165) is 25.0 Å². The molecular weight excluding hydrogens is 206 g/mol. The summed E-state index contributed by atoms with van der Waals surface area (Å²) in [5, 5.41) is 6.97. The van der Waals surface area contributed by atoms with Gasteiger partial charge in [-0.2, -0.15) is 5.10 Å². The van der Waals surface area contributed by atoms with Crippen molar-refractivity contribution in [2.24, 2.45) is 7.05 Å². The van der Waals surface area contributed by atoms with E-state index in [4.69, 9.17) is 4.74 Å². The van der Waals surface area contributed by atoms with Gasteiger partial charge in [-0.3, -0.25) is 9.48 Å². The highest BCUT2D eigenvalue weighted by Gasteiger charge is 2.18. The summed E-state index contributed by atoms with van der Waals surface area (Å²) in [6.45, 7) is 3.27. The molecule has 88 valence electrons. The molecule has 0 aliphatic carbocycles. The monoisotopic (exact) mass is 223 g/mol. The fourth-order valence-electron chi connectivity index (χ4n) is 1.93. The average Bonchev–Trinajstić information content (AvgIpc) is 2.84. The summed E-state index contributed by atoms with van der Waals surface area (Å²) in [4.78, 5) is 11.8. The summed E-state index contributed by atoms with van der Waals surface area (Å²) in [6.07, 6.45) is 4.12. The molecule has 1 fully saturated rings. The first-order valence-electron chi connectivity index (χ1n) is 5.57. The van der Waals surface area contributed by atoms with Crippen LogP contribution in [0.25, 0.3) is 0 Å². The minimum Gasteiger partial charge on any atom is -0.376 e. The summed E-state index contributed by atoms with van der Waals surface area (Å²) in [5.41, 5.74) is 1.40. The van der Waals surface area contributed by atoms with E-state index >= 15 is 0 Å². The molecule has 1 aliphatic heterocycles. The molecule has 5 nitrogen and oxygen atoms in total. The molecule has 1 atom stereocenters. The zero-order valence-electron chi connectivity index (χ0n) is 9.69. The Morgan fingerprint density at radius 3 is 3.12 bits per heavy atom. The summed E-state index contributed by atoms with van der Waals surface area (Å²) in [6, 6.07) is 0. The van der Waals surface area contributed by atoms with Crippen molar-refractivity contribution < 1.29 is 9.53 Å². The van der Waals surface area contributed by atoms with E-state index in [0.29, 0.717) is 12.2 Å². The number of nitrogens with one attached hydrogen (secondary N) is 1. The SMILES string of the molecule is Cc1cn(C)nc1C(=O)NCC1CCCO1. The Labute approximate surface area is 94.8 Å². The molecule has 1 unspecified atom stereocenters. The van der Waals surface area contributed by atoms with Crippen molar-refractivity contribution in [3.63, 3.8) is 0 Å². The lowest BCUT2D eigenvalue weighted by Crippen LogP contribution is -2.32. The molecule has 0 spiro atoms. The zero-order chi connectivity index (χ0) is 11.5. The molecule has 2 heterocycles. The first kappa shape index (κ1) is 11.1. The van der Waals surface area contributed by atoms with Gasteiger partial charge in [-0.05, 0) is 19.8 Å². The molecule has 0 aromatic carbocycles.